The third-order valence-electron chi connectivity index (χ3n) is 4.77. The number of halogens is 1. The van der Waals surface area contributed by atoms with Crippen molar-refractivity contribution in [3.63, 3.8) is 0 Å². The summed E-state index contributed by atoms with van der Waals surface area (Å²) in [6.45, 7) is 4.44. The van der Waals surface area contributed by atoms with Crippen LogP contribution in [-0.4, -0.2) is 22.9 Å². The van der Waals surface area contributed by atoms with Crippen LogP contribution >= 0.6 is 15.9 Å². The molecule has 0 spiro atoms. The van der Waals surface area contributed by atoms with Crippen molar-refractivity contribution in [2.45, 2.75) is 26.8 Å². The molecule has 0 atom stereocenters. The second kappa shape index (κ2) is 9.02. The summed E-state index contributed by atoms with van der Waals surface area (Å²) in [7, 11) is 0. The standard InChI is InChI=1S/C23H22BrNO3/c1-16-14-20(17(2)25(16)13-12-18-8-4-3-5-9-18)22(26)15-28-23(27)19-10-6-7-11-21(19)24/h3-11,14H,12-13,15H2,1-2H3. The molecule has 3 aromatic rings. The van der Waals surface area contributed by atoms with Crippen LogP contribution in [0.3, 0.4) is 0 Å². The molecule has 1 aromatic heterocycles. The molecular formula is C23H22BrNO3. The van der Waals surface area contributed by atoms with E-state index >= 15 is 0 Å². The maximum atomic E-state index is 12.6. The average molecular weight is 440 g/mol. The Hall–Kier alpha value is -2.66. The zero-order valence-corrected chi connectivity index (χ0v) is 17.5. The van der Waals surface area contributed by atoms with Gasteiger partial charge < -0.3 is 9.30 Å². The summed E-state index contributed by atoms with van der Waals surface area (Å²) in [5.41, 5.74) is 4.18. The number of carbonyl (C=O) groups excluding carboxylic acids is 2. The lowest BCUT2D eigenvalue weighted by atomic mass is 10.1. The van der Waals surface area contributed by atoms with Gasteiger partial charge in [0.25, 0.3) is 0 Å². The van der Waals surface area contributed by atoms with E-state index in [1.165, 1.54) is 5.56 Å². The number of benzene rings is 2. The normalized spacial score (nSPS) is 10.7. The number of ether oxygens (including phenoxy) is 1. The average Bonchev–Trinajstić information content (AvgIpc) is 2.99. The Kier molecular flexibility index (Phi) is 6.47. The third kappa shape index (κ3) is 4.60. The van der Waals surface area contributed by atoms with Crippen molar-refractivity contribution in [3.8, 4) is 0 Å². The molecule has 0 amide bonds. The first-order valence-corrected chi connectivity index (χ1v) is 9.92. The molecule has 0 bridgehead atoms. The number of aryl methyl sites for hydroxylation is 2. The Bertz CT molecular complexity index is 992. The van der Waals surface area contributed by atoms with Gasteiger partial charge in [0, 0.05) is 28.0 Å². The lowest BCUT2D eigenvalue weighted by molar-refractivity contribution is 0.0473. The molecule has 0 aliphatic heterocycles. The molecule has 28 heavy (non-hydrogen) atoms. The van der Waals surface area contributed by atoms with Crippen LogP contribution in [0.4, 0.5) is 0 Å². The molecule has 1 heterocycles. The zero-order valence-electron chi connectivity index (χ0n) is 15.9. The van der Waals surface area contributed by atoms with E-state index in [1.807, 2.05) is 44.2 Å². The van der Waals surface area contributed by atoms with E-state index in [4.69, 9.17) is 4.74 Å². The van der Waals surface area contributed by atoms with Crippen LogP contribution in [0.1, 0.15) is 37.7 Å². The van der Waals surface area contributed by atoms with Gasteiger partial charge in [-0.25, -0.2) is 4.79 Å². The predicted molar refractivity (Wildman–Crippen MR) is 113 cm³/mol. The minimum atomic E-state index is -0.515. The number of rotatable bonds is 7. The van der Waals surface area contributed by atoms with Crippen LogP contribution in [0.2, 0.25) is 0 Å². The summed E-state index contributed by atoms with van der Waals surface area (Å²) in [5.74, 6) is -0.710. The van der Waals surface area contributed by atoms with Crippen molar-refractivity contribution in [2.75, 3.05) is 6.61 Å². The Morgan fingerprint density at radius 3 is 2.36 bits per heavy atom. The second-order valence-corrected chi connectivity index (χ2v) is 7.51. The van der Waals surface area contributed by atoms with Gasteiger partial charge >= 0.3 is 5.97 Å². The smallest absolute Gasteiger partial charge is 0.339 e. The largest absolute Gasteiger partial charge is 0.454 e. The summed E-state index contributed by atoms with van der Waals surface area (Å²) < 4.78 is 8.01. The van der Waals surface area contributed by atoms with Gasteiger partial charge in [-0.3, -0.25) is 4.79 Å². The van der Waals surface area contributed by atoms with Crippen molar-refractivity contribution >= 4 is 27.7 Å². The van der Waals surface area contributed by atoms with E-state index in [-0.39, 0.29) is 12.4 Å². The molecule has 4 nitrogen and oxygen atoms in total. The molecule has 0 unspecified atom stereocenters. The van der Waals surface area contributed by atoms with E-state index in [2.05, 4.69) is 32.6 Å². The molecule has 0 fully saturated rings. The van der Waals surface area contributed by atoms with E-state index in [0.717, 1.165) is 24.4 Å². The Balaban J connectivity index is 1.65. The molecule has 5 heteroatoms. The number of ketones is 1. The number of esters is 1. The zero-order chi connectivity index (χ0) is 20.1. The highest BCUT2D eigenvalue weighted by molar-refractivity contribution is 9.10. The molecule has 144 valence electrons. The number of hydrogen-bond acceptors (Lipinski definition) is 3. The number of carbonyl (C=O) groups is 2. The van der Waals surface area contributed by atoms with Crippen molar-refractivity contribution in [1.82, 2.24) is 4.57 Å². The quantitative estimate of drug-likeness (QED) is 0.377. The summed E-state index contributed by atoms with van der Waals surface area (Å²) in [6, 6.07) is 19.1. The number of Topliss-reactive ketones (excluding diaryl/α,β-unsaturated/α-hetero) is 1. The number of hydrogen-bond donors (Lipinski definition) is 0. The van der Waals surface area contributed by atoms with Crippen molar-refractivity contribution in [2.24, 2.45) is 0 Å². The summed E-state index contributed by atoms with van der Waals surface area (Å²) in [5, 5.41) is 0. The lowest BCUT2D eigenvalue weighted by Crippen LogP contribution is -2.15. The first kappa shape index (κ1) is 20.1. The van der Waals surface area contributed by atoms with Crippen LogP contribution in [0.15, 0.2) is 65.1 Å². The fraction of sp³-hybridized carbons (Fsp3) is 0.217. The van der Waals surface area contributed by atoms with E-state index in [0.29, 0.717) is 15.6 Å². The van der Waals surface area contributed by atoms with E-state index in [9.17, 15) is 9.59 Å². The van der Waals surface area contributed by atoms with Crippen LogP contribution in [-0.2, 0) is 17.7 Å². The molecule has 0 N–H and O–H groups in total. The van der Waals surface area contributed by atoms with Gasteiger partial charge in [0.1, 0.15) is 0 Å². The van der Waals surface area contributed by atoms with Gasteiger partial charge in [-0.1, -0.05) is 42.5 Å². The first-order chi connectivity index (χ1) is 13.5. The van der Waals surface area contributed by atoms with Gasteiger partial charge in [-0.15, -0.1) is 0 Å². The first-order valence-electron chi connectivity index (χ1n) is 9.13. The minimum Gasteiger partial charge on any atom is -0.454 e. The molecule has 0 saturated carbocycles. The van der Waals surface area contributed by atoms with Crippen LogP contribution in [0.5, 0.6) is 0 Å². The number of nitrogens with zero attached hydrogens (tertiary/aromatic N) is 1. The van der Waals surface area contributed by atoms with Crippen LogP contribution < -0.4 is 0 Å². The van der Waals surface area contributed by atoms with Crippen LogP contribution in [0, 0.1) is 13.8 Å². The Labute approximate surface area is 173 Å². The van der Waals surface area contributed by atoms with Gasteiger partial charge in [0.05, 0.1) is 5.56 Å². The summed E-state index contributed by atoms with van der Waals surface area (Å²) in [4.78, 5) is 24.8. The molecule has 2 aromatic carbocycles. The SMILES string of the molecule is Cc1cc(C(=O)COC(=O)c2ccccc2Br)c(C)n1CCc1ccccc1. The van der Waals surface area contributed by atoms with Gasteiger partial charge in [0.2, 0.25) is 5.78 Å². The number of aromatic nitrogens is 1. The van der Waals surface area contributed by atoms with E-state index < -0.39 is 5.97 Å². The van der Waals surface area contributed by atoms with Gasteiger partial charge in [-0.2, -0.15) is 0 Å². The van der Waals surface area contributed by atoms with Crippen molar-refractivity contribution in [3.05, 3.63) is 93.2 Å². The lowest BCUT2D eigenvalue weighted by Gasteiger charge is -2.10. The molecular weight excluding hydrogens is 418 g/mol. The fourth-order valence-corrected chi connectivity index (χ4v) is 3.67. The summed E-state index contributed by atoms with van der Waals surface area (Å²) in [6.07, 6.45) is 0.891. The van der Waals surface area contributed by atoms with Gasteiger partial charge in [0.15, 0.2) is 6.61 Å². The highest BCUT2D eigenvalue weighted by Gasteiger charge is 2.18. The molecule has 3 rings (SSSR count). The topological polar surface area (TPSA) is 48.3 Å². The molecule has 0 radical (unpaired) electrons. The molecule has 0 saturated heterocycles. The van der Waals surface area contributed by atoms with E-state index in [1.54, 1.807) is 18.2 Å². The maximum Gasteiger partial charge on any atom is 0.339 e. The van der Waals surface area contributed by atoms with Crippen molar-refractivity contribution < 1.29 is 14.3 Å². The predicted octanol–water partition coefficient (Wildman–Crippen LogP) is 5.15. The monoisotopic (exact) mass is 439 g/mol. The highest BCUT2D eigenvalue weighted by atomic mass is 79.9. The van der Waals surface area contributed by atoms with Gasteiger partial charge in [-0.05, 0) is 60.0 Å². The maximum absolute atomic E-state index is 12.6. The molecule has 0 aliphatic carbocycles. The Morgan fingerprint density at radius 2 is 1.64 bits per heavy atom. The molecule has 0 aliphatic rings. The van der Waals surface area contributed by atoms with Crippen LogP contribution in [0.25, 0.3) is 0 Å². The minimum absolute atomic E-state index is 0.195. The second-order valence-electron chi connectivity index (χ2n) is 6.65. The summed E-state index contributed by atoms with van der Waals surface area (Å²) >= 11 is 3.32. The Morgan fingerprint density at radius 1 is 0.964 bits per heavy atom. The van der Waals surface area contributed by atoms with Crippen molar-refractivity contribution in [1.29, 1.82) is 0 Å². The highest BCUT2D eigenvalue weighted by Crippen LogP contribution is 2.19. The fourth-order valence-electron chi connectivity index (χ4n) is 3.23. The third-order valence-corrected chi connectivity index (χ3v) is 5.46.